The van der Waals surface area contributed by atoms with E-state index in [9.17, 15) is 14.4 Å². The Morgan fingerprint density at radius 2 is 1.80 bits per heavy atom. The zero-order chi connectivity index (χ0) is 21.5. The van der Waals surface area contributed by atoms with Crippen LogP contribution in [0.2, 0.25) is 0 Å². The number of carbonyl (C=O) groups is 3. The van der Waals surface area contributed by atoms with Gasteiger partial charge in [0.25, 0.3) is 11.8 Å². The lowest BCUT2D eigenvalue weighted by Gasteiger charge is -2.39. The molecular weight excluding hydrogens is 384 g/mol. The van der Waals surface area contributed by atoms with E-state index in [1.807, 2.05) is 60.4 Å². The van der Waals surface area contributed by atoms with Crippen molar-refractivity contribution in [1.29, 1.82) is 0 Å². The third-order valence-corrected chi connectivity index (χ3v) is 4.79. The van der Waals surface area contributed by atoms with Gasteiger partial charge in [0.1, 0.15) is 11.8 Å². The van der Waals surface area contributed by atoms with Crippen LogP contribution in [-0.4, -0.2) is 44.1 Å². The molecule has 2 aromatic rings. The minimum atomic E-state index is -0.824. The lowest BCUT2D eigenvalue weighted by atomic mass is 10.0. The molecule has 0 aromatic heterocycles. The minimum Gasteiger partial charge on any atom is -0.477 e. The number of anilines is 1. The quantitative estimate of drug-likeness (QED) is 0.676. The van der Waals surface area contributed by atoms with E-state index in [0.717, 1.165) is 6.42 Å². The van der Waals surface area contributed by atoms with Crippen molar-refractivity contribution in [3.05, 3.63) is 60.2 Å². The Labute approximate surface area is 175 Å². The van der Waals surface area contributed by atoms with Crippen molar-refractivity contribution in [2.24, 2.45) is 0 Å². The van der Waals surface area contributed by atoms with Crippen molar-refractivity contribution in [1.82, 2.24) is 16.0 Å². The molecule has 8 heteroatoms. The Kier molecular flexibility index (Phi) is 6.90. The van der Waals surface area contributed by atoms with Crippen molar-refractivity contribution < 1.29 is 19.1 Å². The summed E-state index contributed by atoms with van der Waals surface area (Å²) in [7, 11) is 1.44. The molecule has 1 heterocycles. The molecule has 0 unspecified atom stereocenters. The van der Waals surface area contributed by atoms with Crippen molar-refractivity contribution in [3.63, 3.8) is 0 Å². The fourth-order valence-corrected chi connectivity index (χ4v) is 3.36. The first kappa shape index (κ1) is 21.2. The topological polar surface area (TPSA) is 99.8 Å². The van der Waals surface area contributed by atoms with Gasteiger partial charge in [-0.3, -0.25) is 14.9 Å². The molecule has 2 aromatic carbocycles. The van der Waals surface area contributed by atoms with Gasteiger partial charge in [-0.2, -0.15) is 0 Å². The summed E-state index contributed by atoms with van der Waals surface area (Å²) >= 11 is 0. The Hall–Kier alpha value is -3.55. The molecular formula is C22H26N4O4. The number of fused-ring (bicyclic) bond motifs is 1. The van der Waals surface area contributed by atoms with E-state index >= 15 is 0 Å². The summed E-state index contributed by atoms with van der Waals surface area (Å²) in [6.07, 6.45) is 0.0189. The normalized spacial score (nSPS) is 15.9. The first-order chi connectivity index (χ1) is 14.5. The highest BCUT2D eigenvalue weighted by molar-refractivity contribution is 5.99. The molecule has 1 aliphatic rings. The first-order valence-electron chi connectivity index (χ1n) is 9.92. The lowest BCUT2D eigenvalue weighted by Crippen LogP contribution is -2.53. The van der Waals surface area contributed by atoms with Crippen LogP contribution in [0.4, 0.5) is 10.5 Å². The zero-order valence-corrected chi connectivity index (χ0v) is 17.1. The van der Waals surface area contributed by atoms with Crippen LogP contribution in [0.3, 0.4) is 0 Å². The summed E-state index contributed by atoms with van der Waals surface area (Å²) in [4.78, 5) is 39.4. The van der Waals surface area contributed by atoms with E-state index in [1.54, 1.807) is 6.07 Å². The maximum Gasteiger partial charge on any atom is 0.321 e. The monoisotopic (exact) mass is 410 g/mol. The van der Waals surface area contributed by atoms with Gasteiger partial charge >= 0.3 is 6.03 Å². The van der Waals surface area contributed by atoms with Gasteiger partial charge in [0.05, 0.1) is 12.2 Å². The number of para-hydroxylation sites is 2. The molecule has 0 saturated heterocycles. The second-order valence-electron chi connectivity index (χ2n) is 6.90. The predicted molar refractivity (Wildman–Crippen MR) is 113 cm³/mol. The number of urea groups is 1. The number of hydrogen-bond acceptors (Lipinski definition) is 5. The van der Waals surface area contributed by atoms with Gasteiger partial charge in [-0.25, -0.2) is 4.79 Å². The molecule has 0 spiro atoms. The average molecular weight is 410 g/mol. The summed E-state index contributed by atoms with van der Waals surface area (Å²) in [5.41, 5.74) is 1.38. The molecule has 0 aliphatic carbocycles. The van der Waals surface area contributed by atoms with Gasteiger partial charge in [-0.1, -0.05) is 49.4 Å². The van der Waals surface area contributed by atoms with Gasteiger partial charge in [0, 0.05) is 13.6 Å². The van der Waals surface area contributed by atoms with Gasteiger partial charge in [-0.05, 0) is 24.1 Å². The van der Waals surface area contributed by atoms with Crippen LogP contribution in [-0.2, 0) is 9.59 Å². The second-order valence-corrected chi connectivity index (χ2v) is 6.90. The molecule has 3 N–H and O–H groups in total. The standard InChI is InChI=1S/C22H26N4O4/c1-3-13-24-20(27)18-14-26(16-11-7-8-12-17(16)30-18)19(15-9-5-4-6-10-15)21(28)25-22(29)23-2/h4-12,18-19H,3,13-14H2,1-2H3,(H,24,27)(H2,23,25,28,29)/t18-,19+/m1/s1. The summed E-state index contributed by atoms with van der Waals surface area (Å²) in [6.45, 7) is 2.67. The molecule has 30 heavy (non-hydrogen) atoms. The van der Waals surface area contributed by atoms with Gasteiger partial charge in [0.2, 0.25) is 0 Å². The Morgan fingerprint density at radius 1 is 1.10 bits per heavy atom. The van der Waals surface area contributed by atoms with Crippen LogP contribution in [0.25, 0.3) is 0 Å². The van der Waals surface area contributed by atoms with Crippen molar-refractivity contribution >= 4 is 23.5 Å². The maximum absolute atomic E-state index is 13.1. The molecule has 1 aliphatic heterocycles. The molecule has 0 bridgehead atoms. The second kappa shape index (κ2) is 9.78. The number of amides is 4. The lowest BCUT2D eigenvalue weighted by molar-refractivity contribution is -0.128. The highest BCUT2D eigenvalue weighted by Crippen LogP contribution is 2.38. The fourth-order valence-electron chi connectivity index (χ4n) is 3.36. The van der Waals surface area contributed by atoms with Crippen LogP contribution < -0.4 is 25.6 Å². The number of benzene rings is 2. The molecule has 3 rings (SSSR count). The highest BCUT2D eigenvalue weighted by atomic mass is 16.5. The van der Waals surface area contributed by atoms with Crippen LogP contribution in [0.5, 0.6) is 5.75 Å². The summed E-state index contributed by atoms with van der Waals surface area (Å²) in [6, 6.07) is 15.0. The number of ether oxygens (including phenoxy) is 1. The number of hydrogen-bond donors (Lipinski definition) is 3. The van der Waals surface area contributed by atoms with Gasteiger partial charge < -0.3 is 20.3 Å². The smallest absolute Gasteiger partial charge is 0.321 e. The SMILES string of the molecule is CCCNC(=O)[C@H]1CN([C@H](C(=O)NC(=O)NC)c2ccccc2)c2ccccc2O1. The van der Waals surface area contributed by atoms with Crippen molar-refractivity contribution in [2.75, 3.05) is 25.0 Å². The molecule has 158 valence electrons. The van der Waals surface area contributed by atoms with Gasteiger partial charge in [0.15, 0.2) is 6.10 Å². The third kappa shape index (κ3) is 4.71. The van der Waals surface area contributed by atoms with Crippen LogP contribution in [0.1, 0.15) is 24.9 Å². The Bertz CT molecular complexity index is 903. The van der Waals surface area contributed by atoms with E-state index in [1.165, 1.54) is 7.05 Å². The molecule has 8 nitrogen and oxygen atoms in total. The van der Waals surface area contributed by atoms with Crippen molar-refractivity contribution in [3.8, 4) is 5.75 Å². The Morgan fingerprint density at radius 3 is 2.50 bits per heavy atom. The third-order valence-electron chi connectivity index (χ3n) is 4.79. The fraction of sp³-hybridized carbons (Fsp3) is 0.318. The molecule has 2 atom stereocenters. The molecule has 0 fully saturated rings. The molecule has 0 saturated carbocycles. The van der Waals surface area contributed by atoms with Crippen LogP contribution >= 0.6 is 0 Å². The van der Waals surface area contributed by atoms with E-state index in [4.69, 9.17) is 4.74 Å². The number of nitrogens with zero attached hydrogens (tertiary/aromatic N) is 1. The van der Waals surface area contributed by atoms with E-state index in [0.29, 0.717) is 23.5 Å². The van der Waals surface area contributed by atoms with Crippen LogP contribution in [0, 0.1) is 0 Å². The minimum absolute atomic E-state index is 0.160. The van der Waals surface area contributed by atoms with Crippen LogP contribution in [0.15, 0.2) is 54.6 Å². The largest absolute Gasteiger partial charge is 0.477 e. The predicted octanol–water partition coefficient (Wildman–Crippen LogP) is 1.98. The number of rotatable bonds is 6. The van der Waals surface area contributed by atoms with Crippen molar-refractivity contribution in [2.45, 2.75) is 25.5 Å². The van der Waals surface area contributed by atoms with E-state index in [-0.39, 0.29) is 12.5 Å². The molecule has 4 amide bonds. The maximum atomic E-state index is 13.1. The number of imide groups is 1. The number of nitrogens with one attached hydrogen (secondary N) is 3. The van der Waals surface area contributed by atoms with E-state index in [2.05, 4.69) is 16.0 Å². The summed E-state index contributed by atoms with van der Waals surface area (Å²) in [5, 5.41) is 7.61. The Balaban J connectivity index is 2.00. The summed E-state index contributed by atoms with van der Waals surface area (Å²) in [5.74, 6) is -0.228. The molecule has 0 radical (unpaired) electrons. The highest BCUT2D eigenvalue weighted by Gasteiger charge is 2.38. The first-order valence-corrected chi connectivity index (χ1v) is 9.92. The zero-order valence-electron chi connectivity index (χ0n) is 17.1. The summed E-state index contributed by atoms with van der Waals surface area (Å²) < 4.78 is 5.92. The van der Waals surface area contributed by atoms with Gasteiger partial charge in [-0.15, -0.1) is 0 Å². The average Bonchev–Trinajstić information content (AvgIpc) is 2.78. The van der Waals surface area contributed by atoms with E-state index < -0.39 is 24.1 Å². The number of carbonyl (C=O) groups excluding carboxylic acids is 3.